The highest BCUT2D eigenvalue weighted by Crippen LogP contribution is 2.23. The molecule has 106 valence electrons. The molecule has 1 aromatic carbocycles. The minimum absolute atomic E-state index is 0.0634. The average Bonchev–Trinajstić information content (AvgIpc) is 2.98. The summed E-state index contributed by atoms with van der Waals surface area (Å²) >= 11 is 0. The molecule has 20 heavy (non-hydrogen) atoms. The number of non-ortho nitro benzene ring substituents is 1. The smallest absolute Gasteiger partial charge is 0.270 e. The summed E-state index contributed by atoms with van der Waals surface area (Å²) in [7, 11) is 0. The Morgan fingerprint density at radius 2 is 2.10 bits per heavy atom. The van der Waals surface area contributed by atoms with Crippen LogP contribution in [0.4, 0.5) is 5.69 Å². The maximum Gasteiger partial charge on any atom is 0.270 e. The van der Waals surface area contributed by atoms with Gasteiger partial charge in [-0.1, -0.05) is 0 Å². The number of benzene rings is 1. The van der Waals surface area contributed by atoms with Gasteiger partial charge in [-0.05, 0) is 18.9 Å². The summed E-state index contributed by atoms with van der Waals surface area (Å²) in [5.41, 5.74) is -0.126. The second-order valence-corrected chi connectivity index (χ2v) is 4.47. The molecule has 7 heteroatoms. The van der Waals surface area contributed by atoms with Crippen molar-refractivity contribution in [1.82, 2.24) is 4.90 Å². The molecule has 0 radical (unpaired) electrons. The zero-order valence-electron chi connectivity index (χ0n) is 10.8. The van der Waals surface area contributed by atoms with Gasteiger partial charge < -0.3 is 9.64 Å². The van der Waals surface area contributed by atoms with Crippen LogP contribution in [0.25, 0.3) is 0 Å². The monoisotopic (exact) mass is 278 g/mol. The Balaban J connectivity index is 2.03. The maximum atomic E-state index is 11.8. The fraction of sp³-hybridized carbons (Fsp3) is 0.385. The van der Waals surface area contributed by atoms with E-state index in [0.29, 0.717) is 6.29 Å². The van der Waals surface area contributed by atoms with E-state index in [0.717, 1.165) is 32.0 Å². The van der Waals surface area contributed by atoms with Crippen molar-refractivity contribution in [2.45, 2.75) is 12.8 Å². The highest BCUT2D eigenvalue weighted by molar-refractivity contribution is 5.82. The van der Waals surface area contributed by atoms with Crippen LogP contribution in [-0.4, -0.2) is 41.7 Å². The van der Waals surface area contributed by atoms with Crippen LogP contribution >= 0.6 is 0 Å². The summed E-state index contributed by atoms with van der Waals surface area (Å²) in [6, 6.07) is 3.70. The van der Waals surface area contributed by atoms with Gasteiger partial charge in [0.05, 0.1) is 10.5 Å². The number of hydrogen-bond donors (Lipinski definition) is 0. The van der Waals surface area contributed by atoms with Crippen LogP contribution in [0.2, 0.25) is 0 Å². The van der Waals surface area contributed by atoms with Gasteiger partial charge in [0, 0.05) is 25.2 Å². The number of hydrogen-bond acceptors (Lipinski definition) is 5. The third kappa shape index (κ3) is 3.11. The lowest BCUT2D eigenvalue weighted by molar-refractivity contribution is -0.384. The molecule has 0 aliphatic carbocycles. The van der Waals surface area contributed by atoms with E-state index < -0.39 is 4.92 Å². The second kappa shape index (κ2) is 6.14. The van der Waals surface area contributed by atoms with E-state index in [1.54, 1.807) is 4.90 Å². The molecular weight excluding hydrogens is 264 g/mol. The number of nitrogens with zero attached hydrogens (tertiary/aromatic N) is 2. The molecule has 0 bridgehead atoms. The quantitative estimate of drug-likeness (QED) is 0.461. The third-order valence-electron chi connectivity index (χ3n) is 3.14. The minimum atomic E-state index is -0.591. The second-order valence-electron chi connectivity index (χ2n) is 4.47. The first-order valence-corrected chi connectivity index (χ1v) is 6.26. The molecule has 0 atom stereocenters. The SMILES string of the molecule is O=Cc1cc([N+](=O)[O-])ccc1OCC(=O)N1CCCC1. The van der Waals surface area contributed by atoms with Gasteiger partial charge in [-0.3, -0.25) is 19.7 Å². The van der Waals surface area contributed by atoms with Gasteiger partial charge in [0.25, 0.3) is 11.6 Å². The standard InChI is InChI=1S/C13H14N2O5/c16-8-10-7-11(15(18)19)3-4-12(10)20-9-13(17)14-5-1-2-6-14/h3-4,7-8H,1-2,5-6,9H2. The first-order chi connectivity index (χ1) is 9.61. The maximum absolute atomic E-state index is 11.8. The molecule has 1 saturated heterocycles. The average molecular weight is 278 g/mol. The van der Waals surface area contributed by atoms with Crippen molar-refractivity contribution < 1.29 is 19.2 Å². The van der Waals surface area contributed by atoms with E-state index in [2.05, 4.69) is 0 Å². The van der Waals surface area contributed by atoms with Gasteiger partial charge in [-0.25, -0.2) is 0 Å². The zero-order valence-corrected chi connectivity index (χ0v) is 10.8. The lowest BCUT2D eigenvalue weighted by Crippen LogP contribution is -2.32. The highest BCUT2D eigenvalue weighted by Gasteiger charge is 2.19. The number of nitro groups is 1. The van der Waals surface area contributed by atoms with Crippen molar-refractivity contribution in [3.63, 3.8) is 0 Å². The molecule has 1 aliphatic heterocycles. The number of nitro benzene ring substituents is 1. The Bertz CT molecular complexity index is 538. The third-order valence-corrected chi connectivity index (χ3v) is 3.14. The van der Waals surface area contributed by atoms with Crippen molar-refractivity contribution in [2.24, 2.45) is 0 Å². The van der Waals surface area contributed by atoms with Crippen LogP contribution in [0.5, 0.6) is 5.75 Å². The predicted molar refractivity (Wildman–Crippen MR) is 69.8 cm³/mol. The van der Waals surface area contributed by atoms with E-state index in [1.165, 1.54) is 12.1 Å². The molecule has 0 spiro atoms. The summed E-state index contributed by atoms with van der Waals surface area (Å²) in [5.74, 6) is 0.0378. The van der Waals surface area contributed by atoms with Gasteiger partial charge in [0.1, 0.15) is 5.75 Å². The Hall–Kier alpha value is -2.44. The molecule has 0 N–H and O–H groups in total. The molecule has 0 saturated carbocycles. The number of carbonyl (C=O) groups excluding carboxylic acids is 2. The van der Waals surface area contributed by atoms with Gasteiger partial charge in [-0.15, -0.1) is 0 Å². The van der Waals surface area contributed by atoms with Crippen molar-refractivity contribution >= 4 is 17.9 Å². The van der Waals surface area contributed by atoms with E-state index in [-0.39, 0.29) is 29.5 Å². The molecule has 2 rings (SSSR count). The van der Waals surface area contributed by atoms with Crippen molar-refractivity contribution in [3.05, 3.63) is 33.9 Å². The van der Waals surface area contributed by atoms with Gasteiger partial charge >= 0.3 is 0 Å². The first kappa shape index (κ1) is 14.0. The number of rotatable bonds is 5. The minimum Gasteiger partial charge on any atom is -0.483 e. The Morgan fingerprint density at radius 1 is 1.40 bits per heavy atom. The Labute approximate surface area is 115 Å². The number of aldehydes is 1. The topological polar surface area (TPSA) is 89.7 Å². The normalized spacial score (nSPS) is 14.1. The summed E-state index contributed by atoms with van der Waals surface area (Å²) in [4.78, 5) is 34.4. The van der Waals surface area contributed by atoms with Crippen molar-refractivity contribution in [2.75, 3.05) is 19.7 Å². The zero-order chi connectivity index (χ0) is 14.5. The molecule has 1 heterocycles. The largest absolute Gasteiger partial charge is 0.483 e. The van der Waals surface area contributed by atoms with E-state index in [1.807, 2.05) is 0 Å². The lowest BCUT2D eigenvalue weighted by Gasteiger charge is -2.15. The molecule has 7 nitrogen and oxygen atoms in total. The van der Waals surface area contributed by atoms with Crippen LogP contribution < -0.4 is 4.74 Å². The van der Waals surface area contributed by atoms with Crippen LogP contribution in [-0.2, 0) is 4.79 Å². The number of likely N-dealkylation sites (tertiary alicyclic amines) is 1. The lowest BCUT2D eigenvalue weighted by atomic mass is 10.2. The van der Waals surface area contributed by atoms with Crippen LogP contribution in [0, 0.1) is 10.1 Å². The fourth-order valence-corrected chi connectivity index (χ4v) is 2.07. The van der Waals surface area contributed by atoms with Gasteiger partial charge in [0.2, 0.25) is 0 Å². The molecule has 1 aliphatic rings. The van der Waals surface area contributed by atoms with E-state index >= 15 is 0 Å². The van der Waals surface area contributed by atoms with Crippen molar-refractivity contribution in [1.29, 1.82) is 0 Å². The molecule has 1 fully saturated rings. The predicted octanol–water partition coefficient (Wildman–Crippen LogP) is 1.41. The van der Waals surface area contributed by atoms with Crippen LogP contribution in [0.3, 0.4) is 0 Å². The number of ether oxygens (including phenoxy) is 1. The van der Waals surface area contributed by atoms with Crippen molar-refractivity contribution in [3.8, 4) is 5.75 Å². The Kier molecular flexibility index (Phi) is 4.29. The molecule has 0 unspecified atom stereocenters. The molecule has 0 aromatic heterocycles. The first-order valence-electron chi connectivity index (χ1n) is 6.26. The molecule has 1 amide bonds. The summed E-state index contributed by atoms with van der Waals surface area (Å²) in [6.07, 6.45) is 2.45. The van der Waals surface area contributed by atoms with E-state index in [9.17, 15) is 19.7 Å². The number of amides is 1. The fourth-order valence-electron chi connectivity index (χ4n) is 2.07. The Morgan fingerprint density at radius 3 is 2.70 bits per heavy atom. The molecule has 1 aromatic rings. The number of carbonyl (C=O) groups is 2. The van der Waals surface area contributed by atoms with E-state index in [4.69, 9.17) is 4.74 Å². The van der Waals surface area contributed by atoms with Crippen LogP contribution in [0.1, 0.15) is 23.2 Å². The summed E-state index contributed by atoms with van der Waals surface area (Å²) < 4.78 is 5.29. The summed E-state index contributed by atoms with van der Waals surface area (Å²) in [6.45, 7) is 1.28. The highest BCUT2D eigenvalue weighted by atomic mass is 16.6. The summed E-state index contributed by atoms with van der Waals surface area (Å²) in [5, 5.41) is 10.6. The molecular formula is C13H14N2O5. The van der Waals surface area contributed by atoms with Crippen LogP contribution in [0.15, 0.2) is 18.2 Å². The van der Waals surface area contributed by atoms with Gasteiger partial charge in [0.15, 0.2) is 12.9 Å². The van der Waals surface area contributed by atoms with Gasteiger partial charge in [-0.2, -0.15) is 0 Å².